The van der Waals surface area contributed by atoms with Crippen LogP contribution in [0, 0.1) is 0 Å². The van der Waals surface area contributed by atoms with E-state index in [1.165, 1.54) is 0 Å². The molecule has 5 N–H and O–H groups in total. The maximum absolute atomic E-state index is 12.6. The molecule has 0 saturated carbocycles. The number of anilines is 1. The van der Waals surface area contributed by atoms with Gasteiger partial charge in [0.05, 0.1) is 11.3 Å². The number of carbonyl (C=O) groups excluding carboxylic acids is 1. The van der Waals surface area contributed by atoms with Crippen molar-refractivity contribution in [3.05, 3.63) is 101 Å². The van der Waals surface area contributed by atoms with Gasteiger partial charge in [-0.3, -0.25) is 9.78 Å². The molecule has 5 aromatic rings. The molecule has 3 aromatic carbocycles. The number of hydrogen-bond acceptors (Lipinski definition) is 7. The molecule has 9 nitrogen and oxygen atoms in total. The number of halogens is 1. The zero-order valence-corrected chi connectivity index (χ0v) is 24.4. The van der Waals surface area contributed by atoms with Crippen molar-refractivity contribution in [3.63, 3.8) is 0 Å². The summed E-state index contributed by atoms with van der Waals surface area (Å²) in [5, 5.41) is 9.63. The summed E-state index contributed by atoms with van der Waals surface area (Å²) in [7, 11) is -3.50. The number of nitrogens with zero attached hydrogens (tertiary/aromatic N) is 2. The van der Waals surface area contributed by atoms with Gasteiger partial charge in [-0.1, -0.05) is 60.1 Å². The van der Waals surface area contributed by atoms with E-state index in [1.807, 2.05) is 54.6 Å². The first-order valence-corrected chi connectivity index (χ1v) is 15.6. The number of sulfonamides is 1. The van der Waals surface area contributed by atoms with Crippen LogP contribution in [0.3, 0.4) is 0 Å². The van der Waals surface area contributed by atoms with E-state index in [0.29, 0.717) is 48.0 Å². The average Bonchev–Trinajstić information content (AvgIpc) is 2.99. The molecule has 0 aliphatic heterocycles. The number of benzene rings is 3. The standard InChI is InChI=1S/C31H31ClN6O3S/c32-28-17-21(7-9-24(28)22-5-2-1-3-6-22)19-34-12-4-13-37-42(40,41)16-15-36-31-26-11-14-35-20-27(26)25-10-8-23(30(33)39)18-29(25)38-31/h1-3,5-11,14,17-18,20,34,37H,4,12-13,15-16,19H2,(H2,33,39)(H,36,38). The molecule has 42 heavy (non-hydrogen) atoms. The van der Waals surface area contributed by atoms with Crippen LogP contribution in [-0.2, 0) is 16.6 Å². The van der Waals surface area contributed by atoms with E-state index in [2.05, 4.69) is 25.3 Å². The van der Waals surface area contributed by atoms with Gasteiger partial charge in [-0.2, -0.15) is 0 Å². The van der Waals surface area contributed by atoms with Gasteiger partial charge >= 0.3 is 0 Å². The zero-order chi connectivity index (χ0) is 29.5. The quantitative estimate of drug-likeness (QED) is 0.113. The Labute approximate surface area is 249 Å². The highest BCUT2D eigenvalue weighted by molar-refractivity contribution is 7.89. The largest absolute Gasteiger partial charge is 0.368 e. The van der Waals surface area contributed by atoms with Crippen LogP contribution in [0.2, 0.25) is 5.02 Å². The van der Waals surface area contributed by atoms with Crippen LogP contribution in [-0.4, -0.2) is 49.7 Å². The van der Waals surface area contributed by atoms with Gasteiger partial charge in [0.25, 0.3) is 0 Å². The summed E-state index contributed by atoms with van der Waals surface area (Å²) in [6.07, 6.45) is 4.00. The number of aromatic nitrogens is 2. The summed E-state index contributed by atoms with van der Waals surface area (Å²) >= 11 is 6.50. The van der Waals surface area contributed by atoms with Gasteiger partial charge in [0.15, 0.2) is 0 Å². The third-order valence-corrected chi connectivity index (χ3v) is 8.54. The molecule has 0 unspecified atom stereocenters. The van der Waals surface area contributed by atoms with Crippen molar-refractivity contribution >= 4 is 55.0 Å². The first-order chi connectivity index (χ1) is 20.3. The topological polar surface area (TPSA) is 139 Å². The lowest BCUT2D eigenvalue weighted by atomic mass is 10.0. The molecular formula is C31H31ClN6O3S. The summed E-state index contributed by atoms with van der Waals surface area (Å²) in [5.74, 6) is -0.160. The SMILES string of the molecule is NC(=O)c1ccc2c(c1)nc(NCCS(=O)(=O)NCCCNCc1ccc(-c3ccccc3)c(Cl)c1)c1ccncc12. The van der Waals surface area contributed by atoms with Crippen molar-refractivity contribution in [1.29, 1.82) is 0 Å². The van der Waals surface area contributed by atoms with Crippen molar-refractivity contribution in [2.75, 3.05) is 30.7 Å². The molecule has 0 aliphatic carbocycles. The molecular weight excluding hydrogens is 572 g/mol. The van der Waals surface area contributed by atoms with E-state index in [-0.39, 0.29) is 12.3 Å². The molecule has 0 atom stereocenters. The number of nitrogens with two attached hydrogens (primary N) is 1. The van der Waals surface area contributed by atoms with Crippen molar-refractivity contribution in [2.45, 2.75) is 13.0 Å². The van der Waals surface area contributed by atoms with Crippen molar-refractivity contribution in [3.8, 4) is 11.1 Å². The zero-order valence-electron chi connectivity index (χ0n) is 22.8. The third kappa shape index (κ3) is 7.21. The lowest BCUT2D eigenvalue weighted by Gasteiger charge is -2.12. The van der Waals surface area contributed by atoms with Gasteiger partial charge in [-0.15, -0.1) is 0 Å². The molecule has 0 aliphatic rings. The number of amides is 1. The van der Waals surface area contributed by atoms with Gasteiger partial charge in [-0.25, -0.2) is 18.1 Å². The minimum absolute atomic E-state index is 0.125. The monoisotopic (exact) mass is 602 g/mol. The number of nitrogens with one attached hydrogen (secondary N) is 3. The predicted molar refractivity (Wildman–Crippen MR) is 169 cm³/mol. The second-order valence-corrected chi connectivity index (χ2v) is 12.2. The Morgan fingerprint density at radius 3 is 2.52 bits per heavy atom. The third-order valence-electron chi connectivity index (χ3n) is 6.84. The highest BCUT2D eigenvalue weighted by Crippen LogP contribution is 2.30. The molecule has 0 fully saturated rings. The number of primary amides is 1. The Morgan fingerprint density at radius 1 is 0.905 bits per heavy atom. The summed E-state index contributed by atoms with van der Waals surface area (Å²) in [6.45, 7) is 1.75. The predicted octanol–water partition coefficient (Wildman–Crippen LogP) is 4.71. The van der Waals surface area contributed by atoms with Crippen molar-refractivity contribution < 1.29 is 13.2 Å². The van der Waals surface area contributed by atoms with Gasteiger partial charge in [0.1, 0.15) is 5.82 Å². The molecule has 11 heteroatoms. The van der Waals surface area contributed by atoms with Crippen LogP contribution < -0.4 is 21.1 Å². The van der Waals surface area contributed by atoms with Gasteiger partial charge in [-0.05, 0) is 48.4 Å². The molecule has 1 amide bonds. The first-order valence-electron chi connectivity index (χ1n) is 13.5. The normalized spacial score (nSPS) is 11.6. The molecule has 0 saturated heterocycles. The fraction of sp³-hybridized carbons (Fsp3) is 0.194. The molecule has 216 valence electrons. The summed E-state index contributed by atoms with van der Waals surface area (Å²) in [6, 6.07) is 22.9. The maximum atomic E-state index is 12.6. The smallest absolute Gasteiger partial charge is 0.248 e. The number of hydrogen-bond donors (Lipinski definition) is 4. The van der Waals surface area contributed by atoms with E-state index in [4.69, 9.17) is 17.3 Å². The molecule has 0 spiro atoms. The highest BCUT2D eigenvalue weighted by Gasteiger charge is 2.13. The van der Waals surface area contributed by atoms with Crippen molar-refractivity contribution in [1.82, 2.24) is 20.0 Å². The Morgan fingerprint density at radius 2 is 1.74 bits per heavy atom. The van der Waals surface area contributed by atoms with E-state index in [1.54, 1.807) is 30.6 Å². The lowest BCUT2D eigenvalue weighted by molar-refractivity contribution is 0.100. The molecule has 0 bridgehead atoms. The minimum atomic E-state index is -3.50. The Balaban J connectivity index is 1.09. The number of carbonyl (C=O) groups is 1. The molecule has 0 radical (unpaired) electrons. The van der Waals surface area contributed by atoms with Crippen molar-refractivity contribution in [2.24, 2.45) is 5.73 Å². The fourth-order valence-electron chi connectivity index (χ4n) is 4.71. The lowest BCUT2D eigenvalue weighted by Crippen LogP contribution is -2.31. The summed E-state index contributed by atoms with van der Waals surface area (Å²) < 4.78 is 27.8. The molecule has 2 aromatic heterocycles. The van der Waals surface area contributed by atoms with Crippen LogP contribution in [0.4, 0.5) is 5.82 Å². The van der Waals surface area contributed by atoms with E-state index < -0.39 is 15.9 Å². The Kier molecular flexibility index (Phi) is 9.28. The minimum Gasteiger partial charge on any atom is -0.368 e. The van der Waals surface area contributed by atoms with E-state index >= 15 is 0 Å². The van der Waals surface area contributed by atoms with Crippen LogP contribution in [0.5, 0.6) is 0 Å². The van der Waals surface area contributed by atoms with E-state index in [9.17, 15) is 13.2 Å². The second kappa shape index (κ2) is 13.3. The van der Waals surface area contributed by atoms with Crippen LogP contribution in [0.25, 0.3) is 32.8 Å². The Hall–Kier alpha value is -4.09. The van der Waals surface area contributed by atoms with E-state index in [0.717, 1.165) is 32.8 Å². The number of pyridine rings is 2. The van der Waals surface area contributed by atoms with Gasteiger partial charge in [0.2, 0.25) is 15.9 Å². The maximum Gasteiger partial charge on any atom is 0.248 e. The second-order valence-electron chi connectivity index (χ2n) is 9.83. The first kappa shape index (κ1) is 29.4. The molecule has 2 heterocycles. The van der Waals surface area contributed by atoms with Crippen LogP contribution >= 0.6 is 11.6 Å². The average molecular weight is 603 g/mol. The number of rotatable bonds is 13. The highest BCUT2D eigenvalue weighted by atomic mass is 35.5. The Bertz CT molecular complexity index is 1830. The molecule has 5 rings (SSSR count). The fourth-order valence-corrected chi connectivity index (χ4v) is 5.99. The van der Waals surface area contributed by atoms with Gasteiger partial charge in [0, 0.05) is 64.3 Å². The number of fused-ring (bicyclic) bond motifs is 3. The van der Waals surface area contributed by atoms with Crippen LogP contribution in [0.1, 0.15) is 22.3 Å². The summed E-state index contributed by atoms with van der Waals surface area (Å²) in [5.41, 5.74) is 9.46. The summed E-state index contributed by atoms with van der Waals surface area (Å²) in [4.78, 5) is 20.5. The van der Waals surface area contributed by atoms with Crippen LogP contribution in [0.15, 0.2) is 85.2 Å². The van der Waals surface area contributed by atoms with Gasteiger partial charge < -0.3 is 16.4 Å².